The van der Waals surface area contributed by atoms with Crippen molar-refractivity contribution in [2.75, 3.05) is 6.54 Å². The molecule has 0 spiro atoms. The average molecular weight is 623 g/mol. The fourth-order valence-electron chi connectivity index (χ4n) is 4.55. The number of phenolic OH excluding ortho intramolecular Hbond substituents is 1. The van der Waals surface area contributed by atoms with E-state index in [9.17, 15) is 29.5 Å². The van der Waals surface area contributed by atoms with Gasteiger partial charge in [0.15, 0.2) is 0 Å². The van der Waals surface area contributed by atoms with Crippen LogP contribution in [0.2, 0.25) is 0 Å². The second-order valence-electron chi connectivity index (χ2n) is 13.2. The Morgan fingerprint density at radius 2 is 1.51 bits per heavy atom. The van der Waals surface area contributed by atoms with Crippen LogP contribution in [0.3, 0.4) is 0 Å². The van der Waals surface area contributed by atoms with Gasteiger partial charge in [0.2, 0.25) is 11.8 Å². The van der Waals surface area contributed by atoms with Gasteiger partial charge in [0.05, 0.1) is 6.07 Å². The highest BCUT2D eigenvalue weighted by Gasteiger charge is 2.38. The Bertz CT molecular complexity index is 1360. The molecule has 0 aliphatic carbocycles. The molecule has 45 heavy (non-hydrogen) atoms. The van der Waals surface area contributed by atoms with Gasteiger partial charge in [-0.2, -0.15) is 5.26 Å². The maximum Gasteiger partial charge on any atom is 0.408 e. The van der Waals surface area contributed by atoms with Crippen molar-refractivity contribution in [3.63, 3.8) is 0 Å². The van der Waals surface area contributed by atoms with E-state index in [4.69, 9.17) is 9.47 Å². The molecule has 11 heteroatoms. The number of aromatic hydroxyl groups is 1. The minimum Gasteiger partial charge on any atom is -0.508 e. The number of alkyl carbamates (subject to hydrolysis) is 1. The van der Waals surface area contributed by atoms with Crippen LogP contribution in [0.4, 0.5) is 4.79 Å². The van der Waals surface area contributed by atoms with E-state index in [0.29, 0.717) is 0 Å². The molecule has 3 amide bonds. The molecule has 0 fully saturated rings. The molecule has 11 nitrogen and oxygen atoms in total. The van der Waals surface area contributed by atoms with Crippen molar-refractivity contribution in [1.29, 1.82) is 5.26 Å². The Labute approximate surface area is 265 Å². The molecule has 0 aliphatic heterocycles. The first-order valence-electron chi connectivity index (χ1n) is 14.9. The first-order chi connectivity index (χ1) is 20.9. The number of carbonyl (C=O) groups excluding carboxylic acids is 4. The fraction of sp³-hybridized carbons (Fsp3) is 0.500. The number of hydrogen-bond acceptors (Lipinski definition) is 8. The van der Waals surface area contributed by atoms with Crippen molar-refractivity contribution in [3.05, 3.63) is 65.7 Å². The monoisotopic (exact) mass is 622 g/mol. The topological polar surface area (TPSA) is 158 Å². The van der Waals surface area contributed by atoms with E-state index in [1.807, 2.05) is 26.0 Å². The molecule has 2 rings (SSSR count). The molecule has 0 heterocycles. The molecule has 0 aromatic heterocycles. The summed E-state index contributed by atoms with van der Waals surface area (Å²) < 4.78 is 11.0. The van der Waals surface area contributed by atoms with E-state index in [0.717, 1.165) is 10.5 Å². The summed E-state index contributed by atoms with van der Waals surface area (Å²) in [5.74, 6) is -2.41. The summed E-state index contributed by atoms with van der Waals surface area (Å²) in [4.78, 5) is 55.4. The van der Waals surface area contributed by atoms with Gasteiger partial charge in [0, 0.05) is 6.42 Å². The predicted octanol–water partition coefficient (Wildman–Crippen LogP) is 4.79. The van der Waals surface area contributed by atoms with Crippen LogP contribution in [0.1, 0.15) is 79.0 Å². The van der Waals surface area contributed by atoms with Crippen LogP contribution in [-0.4, -0.2) is 63.7 Å². The van der Waals surface area contributed by atoms with Crippen molar-refractivity contribution >= 4 is 23.9 Å². The second kappa shape index (κ2) is 15.9. The molecule has 2 aromatic carbocycles. The number of hydrogen-bond donors (Lipinski definition) is 3. The molecule has 244 valence electrons. The Balaban J connectivity index is 2.58. The lowest BCUT2D eigenvalue weighted by molar-refractivity contribution is -0.159. The molecule has 0 bridgehead atoms. The Morgan fingerprint density at radius 1 is 0.889 bits per heavy atom. The summed E-state index contributed by atoms with van der Waals surface area (Å²) in [5.41, 5.74) is -0.728. The van der Waals surface area contributed by atoms with E-state index in [1.165, 1.54) is 24.3 Å². The van der Waals surface area contributed by atoms with Gasteiger partial charge in [-0.25, -0.2) is 9.59 Å². The van der Waals surface area contributed by atoms with Crippen LogP contribution < -0.4 is 10.6 Å². The molecule has 0 saturated carbocycles. The third-order valence-electron chi connectivity index (χ3n) is 6.26. The van der Waals surface area contributed by atoms with Crippen molar-refractivity contribution in [2.45, 2.75) is 97.6 Å². The summed E-state index contributed by atoms with van der Waals surface area (Å²) >= 11 is 0. The lowest BCUT2D eigenvalue weighted by Crippen LogP contribution is -2.55. The summed E-state index contributed by atoms with van der Waals surface area (Å²) in [6.45, 7) is 13.4. The van der Waals surface area contributed by atoms with Gasteiger partial charge >= 0.3 is 12.1 Å². The maximum atomic E-state index is 14.2. The number of amides is 3. The average Bonchev–Trinajstić information content (AvgIpc) is 2.90. The number of nitrogens with zero attached hydrogens (tertiary/aromatic N) is 2. The number of rotatable bonds is 12. The number of benzene rings is 2. The summed E-state index contributed by atoms with van der Waals surface area (Å²) in [6.07, 6.45) is -0.552. The first-order valence-corrected chi connectivity index (χ1v) is 14.9. The molecule has 0 radical (unpaired) electrons. The summed E-state index contributed by atoms with van der Waals surface area (Å²) in [6, 6.07) is 13.0. The standard InChI is InChI=1S/C34H46N4O7/c1-22(2)19-26(37-32(43)45-34(6,7)8)30(41)38(18-17-35)28(24-15-12-16-25(39)21-24)29(40)36-27(31(42)44-33(3,4)5)20-23-13-10-9-11-14-23/h9-16,21-22,26-28,39H,18-20H2,1-8H3,(H,36,40)(H,37,43). The van der Waals surface area contributed by atoms with Crippen LogP contribution in [0.15, 0.2) is 54.6 Å². The van der Waals surface area contributed by atoms with Gasteiger partial charge < -0.3 is 30.1 Å². The molecule has 0 aliphatic rings. The first kappa shape index (κ1) is 36.6. The second-order valence-corrected chi connectivity index (χ2v) is 13.2. The van der Waals surface area contributed by atoms with Crippen molar-refractivity contribution in [1.82, 2.24) is 15.5 Å². The fourth-order valence-corrected chi connectivity index (χ4v) is 4.55. The third-order valence-corrected chi connectivity index (χ3v) is 6.26. The highest BCUT2D eigenvalue weighted by Crippen LogP contribution is 2.27. The normalized spacial score (nSPS) is 13.5. The van der Waals surface area contributed by atoms with Gasteiger partial charge in [-0.15, -0.1) is 0 Å². The van der Waals surface area contributed by atoms with Crippen LogP contribution in [0, 0.1) is 17.2 Å². The molecule has 2 aromatic rings. The quantitative estimate of drug-likeness (QED) is 0.225. The predicted molar refractivity (Wildman–Crippen MR) is 169 cm³/mol. The third kappa shape index (κ3) is 12.5. The van der Waals surface area contributed by atoms with Gasteiger partial charge in [-0.3, -0.25) is 9.59 Å². The van der Waals surface area contributed by atoms with Gasteiger partial charge in [-0.05, 0) is 77.1 Å². The van der Waals surface area contributed by atoms with Crippen LogP contribution in [0.5, 0.6) is 5.75 Å². The van der Waals surface area contributed by atoms with Crippen molar-refractivity contribution in [2.24, 2.45) is 5.92 Å². The molecule has 0 saturated heterocycles. The molecular formula is C34H46N4O7. The smallest absolute Gasteiger partial charge is 0.408 e. The Hall–Kier alpha value is -4.59. The van der Waals surface area contributed by atoms with Crippen LogP contribution in [-0.2, 0) is 30.3 Å². The summed E-state index contributed by atoms with van der Waals surface area (Å²) in [7, 11) is 0. The van der Waals surface area contributed by atoms with E-state index in [2.05, 4.69) is 10.6 Å². The highest BCUT2D eigenvalue weighted by atomic mass is 16.6. The Morgan fingerprint density at radius 3 is 2.04 bits per heavy atom. The van der Waals surface area contributed by atoms with Crippen molar-refractivity contribution in [3.8, 4) is 11.8 Å². The zero-order valence-electron chi connectivity index (χ0n) is 27.4. The van der Waals surface area contributed by atoms with Crippen LogP contribution in [0.25, 0.3) is 0 Å². The number of esters is 1. The highest BCUT2D eigenvalue weighted by molar-refractivity contribution is 5.94. The zero-order valence-corrected chi connectivity index (χ0v) is 27.4. The minimum absolute atomic E-state index is 0.0618. The Kier molecular flexibility index (Phi) is 13.0. The zero-order chi connectivity index (χ0) is 33.9. The van der Waals surface area contributed by atoms with E-state index < -0.39 is 59.7 Å². The van der Waals surface area contributed by atoms with E-state index in [-0.39, 0.29) is 30.1 Å². The number of carbonyl (C=O) groups is 4. The van der Waals surface area contributed by atoms with E-state index >= 15 is 0 Å². The maximum absolute atomic E-state index is 14.2. The summed E-state index contributed by atoms with van der Waals surface area (Å²) in [5, 5.41) is 25.4. The van der Waals surface area contributed by atoms with Gasteiger partial charge in [-0.1, -0.05) is 56.3 Å². The number of ether oxygens (including phenoxy) is 2. The number of phenols is 1. The lowest BCUT2D eigenvalue weighted by Gasteiger charge is -2.34. The van der Waals surface area contributed by atoms with Gasteiger partial charge in [0.1, 0.15) is 41.6 Å². The number of nitrogens with one attached hydrogen (secondary N) is 2. The SMILES string of the molecule is CC(C)CC(NC(=O)OC(C)(C)C)C(=O)N(CC#N)C(C(=O)NC(Cc1ccccc1)C(=O)OC(C)(C)C)c1cccc(O)c1. The minimum atomic E-state index is -1.46. The molecule has 3 atom stereocenters. The largest absolute Gasteiger partial charge is 0.508 e. The van der Waals surface area contributed by atoms with Crippen molar-refractivity contribution < 1.29 is 33.8 Å². The molecule has 3 N–H and O–H groups in total. The molecular weight excluding hydrogens is 576 g/mol. The number of nitriles is 1. The van der Waals surface area contributed by atoms with Crippen LogP contribution >= 0.6 is 0 Å². The van der Waals surface area contributed by atoms with Gasteiger partial charge in [0.25, 0.3) is 0 Å². The lowest BCUT2D eigenvalue weighted by atomic mass is 9.98. The van der Waals surface area contributed by atoms with E-state index in [1.54, 1.807) is 65.8 Å². The molecule has 3 unspecified atom stereocenters.